The molecular weight excluding hydrogens is 466 g/mol. The van der Waals surface area contributed by atoms with Crippen molar-refractivity contribution < 1.29 is 8.42 Å². The Balaban J connectivity index is 1.82. The van der Waals surface area contributed by atoms with E-state index in [4.69, 9.17) is 12.2 Å². The first-order valence-electron chi connectivity index (χ1n) is 11.4. The van der Waals surface area contributed by atoms with Gasteiger partial charge in [0.1, 0.15) is 0 Å². The number of fused-ring (bicyclic) bond motifs is 1. The summed E-state index contributed by atoms with van der Waals surface area (Å²) in [5.41, 5.74) is 7.77. The molecule has 0 spiro atoms. The normalized spacial score (nSPS) is 12.1. The smallest absolute Gasteiger partial charge is 0.243 e. The first kappa shape index (κ1) is 25.9. The maximum Gasteiger partial charge on any atom is 0.243 e. The number of hydrogen-bond acceptors (Lipinski definition) is 4. The lowest BCUT2D eigenvalue weighted by atomic mass is 10.1. The number of thiocarbonyl (C=S) groups is 1. The molecule has 3 aromatic rings. The lowest BCUT2D eigenvalue weighted by molar-refractivity contribution is 0.410. The molecular formula is C25H33N5O2S2. The lowest BCUT2D eigenvalue weighted by Gasteiger charge is -2.21. The predicted octanol–water partition coefficient (Wildman–Crippen LogP) is 4.93. The number of nitrogens with one attached hydrogen (secondary N) is 2. The third-order valence-electron chi connectivity index (χ3n) is 5.58. The molecule has 34 heavy (non-hydrogen) atoms. The summed E-state index contributed by atoms with van der Waals surface area (Å²) >= 11 is 5.37. The van der Waals surface area contributed by atoms with Gasteiger partial charge in [-0.1, -0.05) is 31.5 Å². The molecule has 0 amide bonds. The van der Waals surface area contributed by atoms with Crippen LogP contribution in [0.2, 0.25) is 0 Å². The molecule has 1 heterocycles. The van der Waals surface area contributed by atoms with Gasteiger partial charge in [-0.3, -0.25) is 5.43 Å². The summed E-state index contributed by atoms with van der Waals surface area (Å²) < 4.78 is 30.0. The van der Waals surface area contributed by atoms with Crippen LogP contribution in [0.15, 0.2) is 52.6 Å². The minimum absolute atomic E-state index is 0.294. The molecule has 182 valence electrons. The SMILES string of the molecule is CCCN(CCC)S(=O)(=O)c1ccc2c(c1)c(/C=N/NC(=S)Nc1ccc(C)cc1C)cn2C. The second-order valence-corrected chi connectivity index (χ2v) is 10.8. The largest absolute Gasteiger partial charge is 0.350 e. The van der Waals surface area contributed by atoms with Crippen LogP contribution in [0, 0.1) is 13.8 Å². The number of nitrogens with zero attached hydrogens (tertiary/aromatic N) is 3. The van der Waals surface area contributed by atoms with Crippen LogP contribution in [0.5, 0.6) is 0 Å². The summed E-state index contributed by atoms with van der Waals surface area (Å²) in [5, 5.41) is 8.62. The average Bonchev–Trinajstić information content (AvgIpc) is 3.10. The van der Waals surface area contributed by atoms with E-state index < -0.39 is 10.0 Å². The van der Waals surface area contributed by atoms with Crippen LogP contribution in [0.3, 0.4) is 0 Å². The molecule has 0 saturated heterocycles. The van der Waals surface area contributed by atoms with Gasteiger partial charge in [-0.15, -0.1) is 0 Å². The van der Waals surface area contributed by atoms with Crippen LogP contribution in [0.25, 0.3) is 10.9 Å². The van der Waals surface area contributed by atoms with Crippen molar-refractivity contribution in [3.05, 3.63) is 59.3 Å². The summed E-state index contributed by atoms with van der Waals surface area (Å²) in [6, 6.07) is 11.3. The lowest BCUT2D eigenvalue weighted by Crippen LogP contribution is -2.32. The maximum absolute atomic E-state index is 13.2. The zero-order valence-electron chi connectivity index (χ0n) is 20.4. The Morgan fingerprint density at radius 3 is 2.47 bits per heavy atom. The summed E-state index contributed by atoms with van der Waals surface area (Å²) in [7, 11) is -1.64. The van der Waals surface area contributed by atoms with E-state index in [0.717, 1.165) is 40.6 Å². The third kappa shape index (κ3) is 5.84. The molecule has 2 aromatic carbocycles. The van der Waals surface area contributed by atoms with Crippen LogP contribution < -0.4 is 10.7 Å². The van der Waals surface area contributed by atoms with Gasteiger partial charge >= 0.3 is 0 Å². The molecule has 3 rings (SSSR count). The van der Waals surface area contributed by atoms with Crippen LogP contribution in [0.4, 0.5) is 5.69 Å². The highest BCUT2D eigenvalue weighted by atomic mass is 32.2. The Bertz CT molecular complexity index is 1310. The maximum atomic E-state index is 13.2. The number of aromatic nitrogens is 1. The van der Waals surface area contributed by atoms with Crippen molar-refractivity contribution in [2.75, 3.05) is 18.4 Å². The number of benzene rings is 2. The van der Waals surface area contributed by atoms with Crippen molar-refractivity contribution >= 4 is 50.2 Å². The quantitative estimate of drug-likeness (QED) is 0.248. The van der Waals surface area contributed by atoms with Crippen molar-refractivity contribution in [3.63, 3.8) is 0 Å². The van der Waals surface area contributed by atoms with Gasteiger partial charge < -0.3 is 9.88 Å². The van der Waals surface area contributed by atoms with Gasteiger partial charge in [0.25, 0.3) is 0 Å². The highest BCUT2D eigenvalue weighted by Crippen LogP contribution is 2.25. The molecule has 0 saturated carbocycles. The minimum Gasteiger partial charge on any atom is -0.350 e. The number of sulfonamides is 1. The molecule has 0 unspecified atom stereocenters. The molecule has 0 aliphatic heterocycles. The van der Waals surface area contributed by atoms with Crippen molar-refractivity contribution in [2.45, 2.75) is 45.4 Å². The fraction of sp³-hybridized carbons (Fsp3) is 0.360. The number of hydrogen-bond donors (Lipinski definition) is 2. The monoisotopic (exact) mass is 499 g/mol. The number of rotatable bonds is 9. The van der Waals surface area contributed by atoms with E-state index in [0.29, 0.717) is 23.1 Å². The molecule has 0 radical (unpaired) electrons. The molecule has 1 aromatic heterocycles. The van der Waals surface area contributed by atoms with E-state index in [2.05, 4.69) is 21.9 Å². The third-order valence-corrected chi connectivity index (χ3v) is 7.66. The molecule has 0 fully saturated rings. The fourth-order valence-electron chi connectivity index (χ4n) is 3.93. The summed E-state index contributed by atoms with van der Waals surface area (Å²) in [6.07, 6.45) is 5.12. The van der Waals surface area contributed by atoms with Gasteiger partial charge in [0.2, 0.25) is 10.0 Å². The Morgan fingerprint density at radius 1 is 1.12 bits per heavy atom. The van der Waals surface area contributed by atoms with Crippen molar-refractivity contribution in [3.8, 4) is 0 Å². The van der Waals surface area contributed by atoms with E-state index in [1.54, 1.807) is 22.7 Å². The van der Waals surface area contributed by atoms with Crippen molar-refractivity contribution in [1.82, 2.24) is 14.3 Å². The van der Waals surface area contributed by atoms with Gasteiger partial charge in [-0.05, 0) is 68.7 Å². The molecule has 2 N–H and O–H groups in total. The minimum atomic E-state index is -3.57. The first-order chi connectivity index (χ1) is 16.2. The predicted molar refractivity (Wildman–Crippen MR) is 145 cm³/mol. The van der Waals surface area contributed by atoms with Crippen LogP contribution in [-0.4, -0.2) is 41.7 Å². The highest BCUT2D eigenvalue weighted by Gasteiger charge is 2.24. The summed E-state index contributed by atoms with van der Waals surface area (Å²) in [4.78, 5) is 0.294. The summed E-state index contributed by atoms with van der Waals surface area (Å²) in [6.45, 7) is 9.05. The van der Waals surface area contributed by atoms with Crippen LogP contribution >= 0.6 is 12.2 Å². The van der Waals surface area contributed by atoms with Gasteiger partial charge in [-0.25, -0.2) is 8.42 Å². The molecule has 7 nitrogen and oxygen atoms in total. The average molecular weight is 500 g/mol. The number of anilines is 1. The Kier molecular flexibility index (Phi) is 8.46. The summed E-state index contributed by atoms with van der Waals surface area (Å²) in [5.74, 6) is 0. The second kappa shape index (κ2) is 11.1. The Labute approximate surface area is 207 Å². The number of aryl methyl sites for hydroxylation is 3. The van der Waals surface area contributed by atoms with Crippen LogP contribution in [-0.2, 0) is 17.1 Å². The topological polar surface area (TPSA) is 78.7 Å². The Morgan fingerprint density at radius 2 is 1.82 bits per heavy atom. The second-order valence-electron chi connectivity index (χ2n) is 8.42. The zero-order chi connectivity index (χ0) is 24.9. The Hall–Kier alpha value is -2.75. The van der Waals surface area contributed by atoms with E-state index in [9.17, 15) is 8.42 Å². The number of hydrazone groups is 1. The van der Waals surface area contributed by atoms with E-state index in [1.807, 2.05) is 63.7 Å². The van der Waals surface area contributed by atoms with Crippen molar-refractivity contribution in [2.24, 2.45) is 12.1 Å². The van der Waals surface area contributed by atoms with E-state index in [-0.39, 0.29) is 0 Å². The van der Waals surface area contributed by atoms with E-state index in [1.165, 1.54) is 5.56 Å². The zero-order valence-corrected chi connectivity index (χ0v) is 22.1. The first-order valence-corrected chi connectivity index (χ1v) is 13.3. The molecule has 0 bridgehead atoms. The molecule has 0 atom stereocenters. The van der Waals surface area contributed by atoms with E-state index >= 15 is 0 Å². The van der Waals surface area contributed by atoms with Gasteiger partial charge in [0.05, 0.1) is 11.1 Å². The van der Waals surface area contributed by atoms with Crippen molar-refractivity contribution in [1.29, 1.82) is 0 Å². The van der Waals surface area contributed by atoms with Crippen LogP contribution in [0.1, 0.15) is 43.4 Å². The standard InChI is InChI=1S/C25H33N5O2S2/c1-6-12-30(13-7-2)34(31,32)21-9-11-24-22(15-21)20(17-29(24)5)16-26-28-25(33)27-23-10-8-18(3)14-19(23)4/h8-11,14-17H,6-7,12-13H2,1-5H3,(H2,27,28,33)/b26-16+. The van der Waals surface area contributed by atoms with Gasteiger partial charge in [0, 0.05) is 48.5 Å². The molecule has 0 aliphatic rings. The highest BCUT2D eigenvalue weighted by molar-refractivity contribution is 7.89. The van der Waals surface area contributed by atoms with Gasteiger partial charge in [-0.2, -0.15) is 9.41 Å². The fourth-order valence-corrected chi connectivity index (χ4v) is 5.74. The molecule has 0 aliphatic carbocycles. The van der Waals surface area contributed by atoms with Gasteiger partial charge in [0.15, 0.2) is 5.11 Å². The molecule has 9 heteroatoms.